The van der Waals surface area contributed by atoms with Crippen LogP contribution < -0.4 is 0 Å². The SMILES string of the molecule is C/[N+]([O-])=N\OC=O. The lowest BCUT2D eigenvalue weighted by atomic mass is 11.5. The second-order valence-electron chi connectivity index (χ2n) is 0.748. The Hall–Kier alpha value is -1.13. The van der Waals surface area contributed by atoms with Gasteiger partial charge in [-0.2, -0.15) is 0 Å². The average Bonchev–Trinajstić information content (AvgIpc) is 1.61. The third-order valence-corrected chi connectivity index (χ3v) is 0.205. The summed E-state index contributed by atoms with van der Waals surface area (Å²) in [5, 5.41) is 12.3. The summed E-state index contributed by atoms with van der Waals surface area (Å²) in [6.45, 7) is 0.0639. The van der Waals surface area contributed by atoms with Crippen LogP contribution in [0.25, 0.3) is 0 Å². The van der Waals surface area contributed by atoms with Crippen molar-refractivity contribution >= 4 is 6.47 Å². The van der Waals surface area contributed by atoms with Crippen molar-refractivity contribution in [3.63, 3.8) is 0 Å². The third-order valence-electron chi connectivity index (χ3n) is 0.205. The fourth-order valence-corrected chi connectivity index (χ4v) is 0.0856. The summed E-state index contributed by atoms with van der Waals surface area (Å²) < 4.78 is 0. The van der Waals surface area contributed by atoms with Crippen LogP contribution in [0.1, 0.15) is 0 Å². The molecule has 0 radical (unpaired) electrons. The van der Waals surface area contributed by atoms with Gasteiger partial charge in [-0.25, -0.2) is 0 Å². The molecular formula is C2H4N2O3. The van der Waals surface area contributed by atoms with E-state index < -0.39 is 0 Å². The van der Waals surface area contributed by atoms with E-state index in [4.69, 9.17) is 0 Å². The van der Waals surface area contributed by atoms with Crippen molar-refractivity contribution < 1.29 is 14.5 Å². The van der Waals surface area contributed by atoms with Gasteiger partial charge in [-0.3, -0.25) is 9.63 Å². The smallest absolute Gasteiger partial charge is 0.329 e. The number of nitrogens with zero attached hydrogens (tertiary/aromatic N) is 2. The summed E-state index contributed by atoms with van der Waals surface area (Å²) in [6, 6.07) is 0. The van der Waals surface area contributed by atoms with Gasteiger partial charge in [0.05, 0.1) is 0 Å². The maximum Gasteiger partial charge on any atom is 0.329 e. The summed E-state index contributed by atoms with van der Waals surface area (Å²) in [5.41, 5.74) is 0. The molecule has 0 aliphatic heterocycles. The van der Waals surface area contributed by atoms with E-state index in [0.29, 0.717) is 0 Å². The summed E-state index contributed by atoms with van der Waals surface area (Å²) in [7, 11) is 1.10. The highest BCUT2D eigenvalue weighted by molar-refractivity contribution is 5.36. The Morgan fingerprint density at radius 1 is 2.00 bits per heavy atom. The molecule has 0 aromatic rings. The zero-order valence-corrected chi connectivity index (χ0v) is 3.70. The Bertz CT molecular complexity index is 84.9. The lowest BCUT2D eigenvalue weighted by Crippen LogP contribution is -1.89. The molecular weight excluding hydrogens is 100 g/mol. The van der Waals surface area contributed by atoms with E-state index in [2.05, 4.69) is 10.1 Å². The molecule has 0 heterocycles. The quantitative estimate of drug-likeness (QED) is 0.208. The molecule has 0 aliphatic rings. The Kier molecular flexibility index (Phi) is 2.58. The molecule has 0 atom stereocenters. The predicted octanol–water partition coefficient (Wildman–Crippen LogP) is -0.333. The highest BCUT2D eigenvalue weighted by atomic mass is 16.7. The molecule has 0 saturated heterocycles. The maximum absolute atomic E-state index is 9.67. The topological polar surface area (TPSA) is 64.7 Å². The minimum atomic E-state index is 0.0639. The molecule has 0 aromatic heterocycles. The van der Waals surface area contributed by atoms with Crippen molar-refractivity contribution in [3.05, 3.63) is 5.21 Å². The van der Waals surface area contributed by atoms with Crippen molar-refractivity contribution in [3.8, 4) is 0 Å². The lowest BCUT2D eigenvalue weighted by Gasteiger charge is -1.83. The fraction of sp³-hybridized carbons (Fsp3) is 0.500. The van der Waals surface area contributed by atoms with Crippen LogP contribution >= 0.6 is 0 Å². The summed E-state index contributed by atoms with van der Waals surface area (Å²) in [6.07, 6.45) is 0. The first-order chi connectivity index (χ1) is 3.27. The van der Waals surface area contributed by atoms with Crippen LogP contribution in [0, 0.1) is 5.21 Å². The van der Waals surface area contributed by atoms with Crippen LogP contribution in [-0.2, 0) is 9.63 Å². The standard InChI is InChI=1S/C2H4N2O3/c1-4(6)3-7-2-5/h2H,1H3/b4-3+. The molecule has 5 heteroatoms. The molecule has 0 spiro atoms. The molecule has 5 nitrogen and oxygen atoms in total. The summed E-state index contributed by atoms with van der Waals surface area (Å²) in [4.78, 5) is 13.0. The minimum Gasteiger partial charge on any atom is -0.598 e. The number of hydrogen-bond acceptors (Lipinski definition) is 4. The van der Waals surface area contributed by atoms with Gasteiger partial charge in [-0.15, -0.1) is 0 Å². The van der Waals surface area contributed by atoms with E-state index in [9.17, 15) is 10.0 Å². The number of rotatable bonds is 2. The Morgan fingerprint density at radius 2 is 2.57 bits per heavy atom. The zero-order valence-electron chi connectivity index (χ0n) is 3.70. The average molecular weight is 104 g/mol. The summed E-state index contributed by atoms with van der Waals surface area (Å²) in [5.74, 6) is 0. The van der Waals surface area contributed by atoms with E-state index in [0.717, 1.165) is 7.05 Å². The van der Waals surface area contributed by atoms with Crippen molar-refractivity contribution in [1.29, 1.82) is 0 Å². The van der Waals surface area contributed by atoms with Crippen molar-refractivity contribution in [2.75, 3.05) is 7.05 Å². The van der Waals surface area contributed by atoms with Crippen LogP contribution in [0.2, 0.25) is 0 Å². The van der Waals surface area contributed by atoms with E-state index >= 15 is 0 Å². The monoisotopic (exact) mass is 104 g/mol. The molecule has 0 saturated carbocycles. The van der Waals surface area contributed by atoms with E-state index in [-0.39, 0.29) is 11.3 Å². The van der Waals surface area contributed by atoms with Gasteiger partial charge in [0, 0.05) is 0 Å². The molecule has 7 heavy (non-hydrogen) atoms. The molecule has 0 aromatic carbocycles. The van der Waals surface area contributed by atoms with Gasteiger partial charge in [-0.05, 0) is 0 Å². The van der Waals surface area contributed by atoms with E-state index in [1.165, 1.54) is 0 Å². The molecule has 0 bridgehead atoms. The van der Waals surface area contributed by atoms with Crippen molar-refractivity contribution in [1.82, 2.24) is 0 Å². The van der Waals surface area contributed by atoms with Crippen LogP contribution in [0.4, 0.5) is 0 Å². The first-order valence-electron chi connectivity index (χ1n) is 1.48. The molecule has 0 amide bonds. The fourth-order valence-electron chi connectivity index (χ4n) is 0.0856. The molecule has 0 fully saturated rings. The summed E-state index contributed by atoms with van der Waals surface area (Å²) >= 11 is 0. The van der Waals surface area contributed by atoms with Crippen LogP contribution in [0.3, 0.4) is 0 Å². The lowest BCUT2D eigenvalue weighted by molar-refractivity contribution is -0.525. The molecule has 0 rings (SSSR count). The first-order valence-corrected chi connectivity index (χ1v) is 1.48. The molecule has 0 unspecified atom stereocenters. The van der Waals surface area contributed by atoms with Crippen molar-refractivity contribution in [2.24, 2.45) is 5.28 Å². The van der Waals surface area contributed by atoms with Gasteiger partial charge in [-0.1, -0.05) is 4.86 Å². The van der Waals surface area contributed by atoms with Crippen molar-refractivity contribution in [2.45, 2.75) is 0 Å². The number of carbonyl (C=O) groups excluding carboxylic acids is 1. The maximum atomic E-state index is 9.67. The minimum absolute atomic E-state index is 0.0639. The highest BCUT2D eigenvalue weighted by Crippen LogP contribution is 1.66. The van der Waals surface area contributed by atoms with Gasteiger partial charge < -0.3 is 5.21 Å². The van der Waals surface area contributed by atoms with Gasteiger partial charge >= 0.3 is 6.47 Å². The predicted molar refractivity (Wildman–Crippen MR) is 19.1 cm³/mol. The molecule has 0 aliphatic carbocycles. The van der Waals surface area contributed by atoms with Crippen LogP contribution in [-0.4, -0.2) is 18.4 Å². The second kappa shape index (κ2) is 3.08. The van der Waals surface area contributed by atoms with Gasteiger partial charge in [0.2, 0.25) is 5.28 Å². The highest BCUT2D eigenvalue weighted by Gasteiger charge is 1.75. The molecule has 0 N–H and O–H groups in total. The normalized spacial score (nSPS) is 10.7. The Morgan fingerprint density at radius 3 is 2.71 bits per heavy atom. The third kappa shape index (κ3) is 4.87. The van der Waals surface area contributed by atoms with Gasteiger partial charge in [0.1, 0.15) is 0 Å². The molecule has 40 valence electrons. The second-order valence-corrected chi connectivity index (χ2v) is 0.748. The number of carbonyl (C=O) groups is 1. The zero-order chi connectivity index (χ0) is 5.70. The Labute approximate surface area is 39.7 Å². The number of hydrogen-bond donors (Lipinski definition) is 0. The number of hydroxylamine groups is 1. The Balaban J connectivity index is 3.25. The van der Waals surface area contributed by atoms with Gasteiger partial charge in [0.25, 0.3) is 0 Å². The van der Waals surface area contributed by atoms with Gasteiger partial charge in [0.15, 0.2) is 7.05 Å². The largest absolute Gasteiger partial charge is 0.598 e. The van der Waals surface area contributed by atoms with E-state index in [1.54, 1.807) is 0 Å². The van der Waals surface area contributed by atoms with Crippen LogP contribution in [0.15, 0.2) is 5.28 Å². The van der Waals surface area contributed by atoms with E-state index in [1.807, 2.05) is 0 Å². The first kappa shape index (κ1) is 5.87. The van der Waals surface area contributed by atoms with Crippen LogP contribution in [0.5, 0.6) is 0 Å².